The molecule has 8 heavy (non-hydrogen) atoms. The van der Waals surface area contributed by atoms with Gasteiger partial charge in [-0.1, -0.05) is 20.3 Å². The first-order valence-corrected chi connectivity index (χ1v) is 3.97. The minimum absolute atomic E-state index is 0.623. The molecule has 2 unspecified atom stereocenters. The average molecular weight is 130 g/mol. The van der Waals surface area contributed by atoms with Gasteiger partial charge in [0, 0.05) is 0 Å². The monoisotopic (exact) mass is 130 g/mol. The second-order valence-electron chi connectivity index (χ2n) is 3.12. The fourth-order valence-electron chi connectivity index (χ4n) is 1.33. The number of thiol groups is 1. The van der Waals surface area contributed by atoms with E-state index in [9.17, 15) is 0 Å². The summed E-state index contributed by atoms with van der Waals surface area (Å²) in [6, 6.07) is 0. The summed E-state index contributed by atoms with van der Waals surface area (Å²) in [6.07, 6.45) is 2.75. The van der Waals surface area contributed by atoms with E-state index in [1.165, 1.54) is 12.8 Å². The predicted molar refractivity (Wildman–Crippen MR) is 40.4 cm³/mol. The molecule has 0 aromatic rings. The molecule has 0 spiro atoms. The fourth-order valence-corrected chi connectivity index (χ4v) is 1.72. The molecule has 0 radical (unpaired) electrons. The molecule has 0 aromatic carbocycles. The summed E-state index contributed by atoms with van der Waals surface area (Å²) in [5, 5.41) is 0. The smallest absolute Gasteiger partial charge is 0.00410 e. The van der Waals surface area contributed by atoms with Gasteiger partial charge in [-0.2, -0.15) is 12.6 Å². The lowest BCUT2D eigenvalue weighted by Gasteiger charge is -2.02. The Morgan fingerprint density at radius 3 is 2.50 bits per heavy atom. The van der Waals surface area contributed by atoms with Crippen LogP contribution in [0.25, 0.3) is 0 Å². The van der Waals surface area contributed by atoms with E-state index in [-0.39, 0.29) is 0 Å². The quantitative estimate of drug-likeness (QED) is 0.545. The Morgan fingerprint density at radius 2 is 2.38 bits per heavy atom. The van der Waals surface area contributed by atoms with Crippen molar-refractivity contribution in [3.8, 4) is 0 Å². The van der Waals surface area contributed by atoms with Crippen LogP contribution in [0.2, 0.25) is 0 Å². The van der Waals surface area contributed by atoms with Crippen LogP contribution in [0.4, 0.5) is 0 Å². The lowest BCUT2D eigenvalue weighted by Crippen LogP contribution is -1.97. The topological polar surface area (TPSA) is 0 Å². The summed E-state index contributed by atoms with van der Waals surface area (Å²) in [4.78, 5) is 0. The maximum Gasteiger partial charge on any atom is -0.00410 e. The molecule has 1 heteroatoms. The van der Waals surface area contributed by atoms with Crippen molar-refractivity contribution in [2.45, 2.75) is 26.7 Å². The number of rotatable bonds is 2. The molecule has 0 aliphatic heterocycles. The van der Waals surface area contributed by atoms with Crippen molar-refractivity contribution >= 4 is 12.6 Å². The molecule has 1 aliphatic carbocycles. The first-order valence-electron chi connectivity index (χ1n) is 3.34. The van der Waals surface area contributed by atoms with Crippen LogP contribution < -0.4 is 0 Å². The Hall–Kier alpha value is 0.350. The van der Waals surface area contributed by atoms with E-state index in [4.69, 9.17) is 0 Å². The Labute approximate surface area is 57.1 Å². The van der Waals surface area contributed by atoms with Gasteiger partial charge < -0.3 is 0 Å². The summed E-state index contributed by atoms with van der Waals surface area (Å²) in [5.74, 6) is 2.06. The van der Waals surface area contributed by atoms with Crippen molar-refractivity contribution in [3.05, 3.63) is 0 Å². The first kappa shape index (κ1) is 6.47. The third-order valence-electron chi connectivity index (χ3n) is 2.39. The average Bonchev–Trinajstić information content (AvgIpc) is 2.44. The molecule has 1 rings (SSSR count). The van der Waals surface area contributed by atoms with Gasteiger partial charge in [-0.05, 0) is 23.5 Å². The summed E-state index contributed by atoms with van der Waals surface area (Å²) < 4.78 is 0. The maximum absolute atomic E-state index is 4.28. The van der Waals surface area contributed by atoms with Crippen LogP contribution in [0.5, 0.6) is 0 Å². The maximum atomic E-state index is 4.28. The zero-order chi connectivity index (χ0) is 6.20. The van der Waals surface area contributed by atoms with Crippen LogP contribution in [0.1, 0.15) is 26.7 Å². The lowest BCUT2D eigenvalue weighted by atomic mass is 10.1. The summed E-state index contributed by atoms with van der Waals surface area (Å²) in [6.45, 7) is 4.59. The highest BCUT2D eigenvalue weighted by Crippen LogP contribution is 2.54. The molecule has 1 aliphatic rings. The van der Waals surface area contributed by atoms with E-state index >= 15 is 0 Å². The molecule has 0 saturated heterocycles. The molecule has 0 amide bonds. The molecule has 1 fully saturated rings. The van der Waals surface area contributed by atoms with Gasteiger partial charge in [0.15, 0.2) is 0 Å². The van der Waals surface area contributed by atoms with Crippen LogP contribution in [0.3, 0.4) is 0 Å². The zero-order valence-corrected chi connectivity index (χ0v) is 6.54. The molecular formula is C7H14S. The minimum Gasteiger partial charge on any atom is -0.179 e. The van der Waals surface area contributed by atoms with Crippen molar-refractivity contribution in [1.29, 1.82) is 0 Å². The Balaban J connectivity index is 2.31. The van der Waals surface area contributed by atoms with E-state index in [0.29, 0.717) is 5.41 Å². The third kappa shape index (κ3) is 0.883. The largest absolute Gasteiger partial charge is 0.179 e. The standard InChI is InChI=1S/C7H14S/c1-3-6-4-7(6,2)5-8/h6,8H,3-5H2,1-2H3. The van der Waals surface area contributed by atoms with Crippen molar-refractivity contribution in [1.82, 2.24) is 0 Å². The van der Waals surface area contributed by atoms with Crippen LogP contribution in [-0.2, 0) is 0 Å². The van der Waals surface area contributed by atoms with Gasteiger partial charge in [0.1, 0.15) is 0 Å². The van der Waals surface area contributed by atoms with Gasteiger partial charge in [-0.3, -0.25) is 0 Å². The zero-order valence-electron chi connectivity index (χ0n) is 5.65. The van der Waals surface area contributed by atoms with Crippen molar-refractivity contribution in [3.63, 3.8) is 0 Å². The SMILES string of the molecule is CCC1CC1(C)CS. The van der Waals surface area contributed by atoms with E-state index in [0.717, 1.165) is 11.7 Å². The highest BCUT2D eigenvalue weighted by atomic mass is 32.1. The second-order valence-corrected chi connectivity index (χ2v) is 3.44. The highest BCUT2D eigenvalue weighted by molar-refractivity contribution is 7.80. The lowest BCUT2D eigenvalue weighted by molar-refractivity contribution is 0.560. The minimum atomic E-state index is 0.623. The number of hydrogen-bond acceptors (Lipinski definition) is 1. The van der Waals surface area contributed by atoms with Crippen molar-refractivity contribution in [2.75, 3.05) is 5.75 Å². The van der Waals surface area contributed by atoms with Gasteiger partial charge in [-0.15, -0.1) is 0 Å². The van der Waals surface area contributed by atoms with E-state index in [1.54, 1.807) is 0 Å². The van der Waals surface area contributed by atoms with E-state index in [2.05, 4.69) is 26.5 Å². The van der Waals surface area contributed by atoms with Gasteiger partial charge in [-0.25, -0.2) is 0 Å². The van der Waals surface area contributed by atoms with Crippen LogP contribution >= 0.6 is 12.6 Å². The molecule has 0 heterocycles. The number of hydrogen-bond donors (Lipinski definition) is 1. The summed E-state index contributed by atoms with van der Waals surface area (Å²) in [5.41, 5.74) is 0.623. The van der Waals surface area contributed by atoms with Gasteiger partial charge >= 0.3 is 0 Å². The van der Waals surface area contributed by atoms with Gasteiger partial charge in [0.25, 0.3) is 0 Å². The summed E-state index contributed by atoms with van der Waals surface area (Å²) in [7, 11) is 0. The molecule has 0 bridgehead atoms. The molecule has 1 saturated carbocycles. The second kappa shape index (κ2) is 1.94. The Morgan fingerprint density at radius 1 is 1.75 bits per heavy atom. The van der Waals surface area contributed by atoms with Gasteiger partial charge in [0.2, 0.25) is 0 Å². The van der Waals surface area contributed by atoms with E-state index in [1.807, 2.05) is 0 Å². The van der Waals surface area contributed by atoms with Crippen LogP contribution in [0.15, 0.2) is 0 Å². The predicted octanol–water partition coefficient (Wildman–Crippen LogP) is 2.35. The molecule has 48 valence electrons. The van der Waals surface area contributed by atoms with Crippen molar-refractivity contribution < 1.29 is 0 Å². The van der Waals surface area contributed by atoms with Crippen LogP contribution in [-0.4, -0.2) is 5.75 Å². The highest BCUT2D eigenvalue weighted by Gasteiger charge is 2.46. The van der Waals surface area contributed by atoms with Gasteiger partial charge in [0.05, 0.1) is 0 Å². The third-order valence-corrected chi connectivity index (χ3v) is 3.11. The fraction of sp³-hybridized carbons (Fsp3) is 1.00. The molecule has 0 N–H and O–H groups in total. The normalized spacial score (nSPS) is 44.6. The van der Waals surface area contributed by atoms with Crippen LogP contribution in [0, 0.1) is 11.3 Å². The summed E-state index contributed by atoms with van der Waals surface area (Å²) >= 11 is 4.28. The Bertz CT molecular complexity index is 90.4. The van der Waals surface area contributed by atoms with E-state index < -0.39 is 0 Å². The Kier molecular flexibility index (Phi) is 1.57. The van der Waals surface area contributed by atoms with Crippen molar-refractivity contribution in [2.24, 2.45) is 11.3 Å². The molecule has 0 aromatic heterocycles. The first-order chi connectivity index (χ1) is 3.73. The molecule has 0 nitrogen and oxygen atoms in total. The molecule has 2 atom stereocenters. The molecular weight excluding hydrogens is 116 g/mol.